The topological polar surface area (TPSA) is 85.1 Å². The molecule has 0 aliphatic carbocycles. The number of carboxylic acids is 1. The van der Waals surface area contributed by atoms with Crippen molar-refractivity contribution in [2.75, 3.05) is 0 Å². The number of rotatable bonds is 10. The van der Waals surface area contributed by atoms with E-state index in [9.17, 15) is 22.8 Å². The number of carbonyl (C=O) groups excluding carboxylic acids is 1. The van der Waals surface area contributed by atoms with Crippen LogP contribution in [0.4, 0.5) is 13.2 Å². The second kappa shape index (κ2) is 11.8. The number of ketones is 1. The molecule has 4 rings (SSSR count). The first kappa shape index (κ1) is 29.3. The number of pyridine rings is 1. The monoisotopic (exact) mass is 571 g/mol. The summed E-state index contributed by atoms with van der Waals surface area (Å²) in [5.74, 6) is -0.859. The van der Waals surface area contributed by atoms with Crippen molar-refractivity contribution < 1.29 is 27.9 Å². The van der Waals surface area contributed by atoms with Crippen LogP contribution in [0.25, 0.3) is 22.0 Å². The van der Waals surface area contributed by atoms with E-state index in [2.05, 4.69) is 23.9 Å². The van der Waals surface area contributed by atoms with Crippen LogP contribution in [0, 0.1) is 12.8 Å². The fourth-order valence-electron chi connectivity index (χ4n) is 4.78. The standard InChI is InChI=1S/C30H29ClF3N3O3/c1-17(2)11-26(19-7-10-25(35-15-19)28(38)5-4-6-29(39)40)37-27-14-24(31)23(13-20(27)16-36-37)22-9-8-21(12-18(22)3)30(32,33)34/h7-10,12-17,26H,4-6,11H2,1-3H3,(H,39,40). The highest BCUT2D eigenvalue weighted by molar-refractivity contribution is 6.34. The van der Waals surface area contributed by atoms with Crippen LogP contribution in [0.2, 0.25) is 5.02 Å². The van der Waals surface area contributed by atoms with Crippen LogP contribution < -0.4 is 0 Å². The Morgan fingerprint density at radius 2 is 1.77 bits per heavy atom. The van der Waals surface area contributed by atoms with Gasteiger partial charge in [0.05, 0.1) is 28.3 Å². The van der Waals surface area contributed by atoms with E-state index < -0.39 is 17.7 Å². The summed E-state index contributed by atoms with van der Waals surface area (Å²) in [6, 6.07) is 10.5. The molecule has 10 heteroatoms. The van der Waals surface area contributed by atoms with Crippen LogP contribution in [0.3, 0.4) is 0 Å². The van der Waals surface area contributed by atoms with Crippen LogP contribution in [0.5, 0.6) is 0 Å². The quantitative estimate of drug-likeness (QED) is 0.194. The van der Waals surface area contributed by atoms with Gasteiger partial charge in [0.15, 0.2) is 5.78 Å². The van der Waals surface area contributed by atoms with Gasteiger partial charge in [-0.2, -0.15) is 18.3 Å². The Labute approximate surface area is 234 Å². The molecule has 4 aromatic rings. The Bertz CT molecular complexity index is 1550. The molecule has 1 atom stereocenters. The van der Waals surface area contributed by atoms with Crippen LogP contribution >= 0.6 is 11.6 Å². The smallest absolute Gasteiger partial charge is 0.416 e. The number of aromatic nitrogens is 3. The fourth-order valence-corrected chi connectivity index (χ4v) is 5.04. The summed E-state index contributed by atoms with van der Waals surface area (Å²) in [7, 11) is 0. The van der Waals surface area contributed by atoms with Crippen LogP contribution in [-0.4, -0.2) is 31.6 Å². The van der Waals surface area contributed by atoms with Gasteiger partial charge in [0.25, 0.3) is 0 Å². The number of aliphatic carboxylic acids is 1. The molecular weight excluding hydrogens is 543 g/mol. The highest BCUT2D eigenvalue weighted by atomic mass is 35.5. The molecule has 0 saturated carbocycles. The third-order valence-corrected chi connectivity index (χ3v) is 7.08. The molecule has 0 aliphatic heterocycles. The maximum absolute atomic E-state index is 13.2. The Morgan fingerprint density at radius 3 is 2.38 bits per heavy atom. The number of hydrogen-bond donors (Lipinski definition) is 1. The van der Waals surface area contributed by atoms with E-state index >= 15 is 0 Å². The average molecular weight is 572 g/mol. The minimum Gasteiger partial charge on any atom is -0.481 e. The lowest BCUT2D eigenvalue weighted by atomic mass is 9.96. The van der Waals surface area contributed by atoms with Crippen molar-refractivity contribution in [3.63, 3.8) is 0 Å². The highest BCUT2D eigenvalue weighted by Crippen LogP contribution is 2.38. The first-order chi connectivity index (χ1) is 18.8. The molecule has 1 N–H and O–H groups in total. The molecule has 6 nitrogen and oxygen atoms in total. The van der Waals surface area contributed by atoms with Gasteiger partial charge < -0.3 is 5.11 Å². The van der Waals surface area contributed by atoms with Crippen LogP contribution in [0.1, 0.15) is 72.8 Å². The molecule has 2 aromatic carbocycles. The zero-order valence-electron chi connectivity index (χ0n) is 22.3. The van der Waals surface area contributed by atoms with Crippen molar-refractivity contribution in [2.24, 2.45) is 5.92 Å². The Hall–Kier alpha value is -3.72. The number of carbonyl (C=O) groups is 2. The summed E-state index contributed by atoms with van der Waals surface area (Å²) in [5, 5.41) is 14.6. The molecule has 0 saturated heterocycles. The Morgan fingerprint density at radius 1 is 1.02 bits per heavy atom. The molecule has 2 heterocycles. The van der Waals surface area contributed by atoms with E-state index in [4.69, 9.17) is 16.7 Å². The molecule has 0 amide bonds. The Kier molecular flexibility index (Phi) is 8.63. The molecule has 0 bridgehead atoms. The summed E-state index contributed by atoms with van der Waals surface area (Å²) in [4.78, 5) is 27.5. The molecule has 210 valence electrons. The van der Waals surface area contributed by atoms with Gasteiger partial charge in [-0.15, -0.1) is 0 Å². The number of nitrogens with zero attached hydrogens (tertiary/aromatic N) is 3. The molecule has 40 heavy (non-hydrogen) atoms. The lowest BCUT2D eigenvalue weighted by Gasteiger charge is -2.21. The van der Waals surface area contributed by atoms with Crippen molar-refractivity contribution in [1.29, 1.82) is 0 Å². The number of carboxylic acid groups (broad SMARTS) is 1. The van der Waals surface area contributed by atoms with E-state index in [1.54, 1.807) is 31.5 Å². The van der Waals surface area contributed by atoms with Crippen molar-refractivity contribution in [3.8, 4) is 11.1 Å². The fraction of sp³-hybridized carbons (Fsp3) is 0.333. The zero-order valence-corrected chi connectivity index (χ0v) is 23.1. The van der Waals surface area contributed by atoms with Crippen molar-refractivity contribution in [2.45, 2.75) is 58.7 Å². The third kappa shape index (κ3) is 6.53. The summed E-state index contributed by atoms with van der Waals surface area (Å²) in [6.07, 6.45) is -0.0671. The molecule has 0 spiro atoms. The van der Waals surface area contributed by atoms with Gasteiger partial charge in [0.1, 0.15) is 5.69 Å². The first-order valence-electron chi connectivity index (χ1n) is 12.9. The number of halogens is 4. The second-order valence-electron chi connectivity index (χ2n) is 10.3. The normalized spacial score (nSPS) is 12.7. The molecule has 0 aliphatic rings. The summed E-state index contributed by atoms with van der Waals surface area (Å²) in [6.45, 7) is 5.80. The van der Waals surface area contributed by atoms with E-state index in [1.807, 2.05) is 16.8 Å². The first-order valence-corrected chi connectivity index (χ1v) is 13.3. The van der Waals surface area contributed by atoms with Crippen molar-refractivity contribution in [1.82, 2.24) is 14.8 Å². The van der Waals surface area contributed by atoms with Gasteiger partial charge >= 0.3 is 12.1 Å². The minimum absolute atomic E-state index is 0.0740. The van der Waals surface area contributed by atoms with Gasteiger partial charge in [-0.1, -0.05) is 37.6 Å². The molecular formula is C30H29ClF3N3O3. The van der Waals surface area contributed by atoms with Crippen molar-refractivity contribution in [3.05, 3.63) is 82.3 Å². The minimum atomic E-state index is -4.43. The Balaban J connectivity index is 1.67. The number of benzene rings is 2. The lowest BCUT2D eigenvalue weighted by molar-refractivity contribution is -0.138. The number of Topliss-reactive ketones (excluding diaryl/α,β-unsaturated/α-hetero) is 1. The van der Waals surface area contributed by atoms with E-state index in [0.29, 0.717) is 27.6 Å². The maximum Gasteiger partial charge on any atom is 0.416 e. The highest BCUT2D eigenvalue weighted by Gasteiger charge is 2.31. The predicted molar refractivity (Wildman–Crippen MR) is 148 cm³/mol. The lowest BCUT2D eigenvalue weighted by Crippen LogP contribution is -2.15. The number of aryl methyl sites for hydroxylation is 1. The van der Waals surface area contributed by atoms with Crippen LogP contribution in [0.15, 0.2) is 54.9 Å². The second-order valence-corrected chi connectivity index (χ2v) is 10.7. The van der Waals surface area contributed by atoms with Gasteiger partial charge in [-0.05, 0) is 72.7 Å². The summed E-state index contributed by atoms with van der Waals surface area (Å²) >= 11 is 6.69. The third-order valence-electron chi connectivity index (χ3n) is 6.77. The summed E-state index contributed by atoms with van der Waals surface area (Å²) < 4.78 is 41.3. The summed E-state index contributed by atoms with van der Waals surface area (Å²) in [5.41, 5.74) is 2.87. The average Bonchev–Trinajstić information content (AvgIpc) is 3.28. The number of alkyl halides is 3. The number of fused-ring (bicyclic) bond motifs is 1. The van der Waals surface area contributed by atoms with Gasteiger partial charge in [0.2, 0.25) is 0 Å². The van der Waals surface area contributed by atoms with E-state index in [-0.39, 0.29) is 36.8 Å². The van der Waals surface area contributed by atoms with Gasteiger partial charge in [-0.25, -0.2) is 0 Å². The SMILES string of the molecule is Cc1cc(C(F)(F)F)ccc1-c1cc2cnn(C(CC(C)C)c3ccc(C(=O)CCCC(=O)O)nc3)c2cc1Cl. The van der Waals surface area contributed by atoms with E-state index in [1.165, 1.54) is 6.07 Å². The van der Waals surface area contributed by atoms with Crippen molar-refractivity contribution >= 4 is 34.3 Å². The largest absolute Gasteiger partial charge is 0.481 e. The molecule has 0 radical (unpaired) electrons. The van der Waals surface area contributed by atoms with Crippen LogP contribution in [-0.2, 0) is 11.0 Å². The molecule has 1 unspecified atom stereocenters. The van der Waals surface area contributed by atoms with E-state index in [0.717, 1.165) is 35.0 Å². The van der Waals surface area contributed by atoms with Gasteiger partial charge in [-0.3, -0.25) is 19.3 Å². The molecule has 0 fully saturated rings. The maximum atomic E-state index is 13.2. The predicted octanol–water partition coefficient (Wildman–Crippen LogP) is 8.15. The zero-order chi connectivity index (χ0) is 29.2. The number of hydrogen-bond acceptors (Lipinski definition) is 4. The molecule has 2 aromatic heterocycles. The van der Waals surface area contributed by atoms with Gasteiger partial charge in [0, 0.05) is 30.0 Å².